The van der Waals surface area contributed by atoms with E-state index in [1.165, 1.54) is 0 Å². The molecule has 6 heteroatoms. The number of aliphatic hydroxyl groups is 1. The van der Waals surface area contributed by atoms with E-state index in [2.05, 4.69) is 11.9 Å². The Kier molecular flexibility index (Phi) is 2.75. The Labute approximate surface area is 152 Å². The average Bonchev–Trinajstić information content (AvgIpc) is 3.21. The van der Waals surface area contributed by atoms with Gasteiger partial charge in [0.25, 0.3) is 0 Å². The molecule has 6 nitrogen and oxygen atoms in total. The van der Waals surface area contributed by atoms with Crippen LogP contribution in [0.4, 0.5) is 0 Å². The summed E-state index contributed by atoms with van der Waals surface area (Å²) in [5.41, 5.74) is 0.338. The van der Waals surface area contributed by atoms with Crippen molar-refractivity contribution in [3.05, 3.63) is 35.4 Å². The number of hydrogen-bond donors (Lipinski definition) is 2. The molecule has 26 heavy (non-hydrogen) atoms. The van der Waals surface area contributed by atoms with Crippen molar-refractivity contribution in [2.75, 3.05) is 26.8 Å². The topological polar surface area (TPSA) is 71.4 Å². The van der Waals surface area contributed by atoms with Crippen LogP contribution in [0.5, 0.6) is 11.5 Å². The Morgan fingerprint density at radius 3 is 2.81 bits per heavy atom. The summed E-state index contributed by atoms with van der Waals surface area (Å²) in [4.78, 5) is 2.26. The second-order valence-corrected chi connectivity index (χ2v) is 8.30. The molecule has 2 spiro atoms. The lowest BCUT2D eigenvalue weighted by Gasteiger charge is -2.57. The van der Waals surface area contributed by atoms with Crippen LogP contribution in [0.3, 0.4) is 0 Å². The van der Waals surface area contributed by atoms with Gasteiger partial charge in [0, 0.05) is 11.6 Å². The maximum Gasteiger partial charge on any atom is 0.227 e. The molecule has 2 saturated heterocycles. The van der Waals surface area contributed by atoms with E-state index in [4.69, 9.17) is 14.2 Å². The molecule has 1 aromatic rings. The first-order valence-corrected chi connectivity index (χ1v) is 9.45. The van der Waals surface area contributed by atoms with Gasteiger partial charge in [-0.2, -0.15) is 0 Å². The smallest absolute Gasteiger partial charge is 0.227 e. The molecule has 3 heterocycles. The number of fused-ring (bicyclic) bond motifs is 1. The molecule has 138 valence electrons. The third-order valence-corrected chi connectivity index (χ3v) is 7.28. The zero-order valence-electron chi connectivity index (χ0n) is 14.8. The first kappa shape index (κ1) is 15.5. The van der Waals surface area contributed by atoms with Crippen LogP contribution < -0.4 is 4.74 Å². The van der Waals surface area contributed by atoms with Gasteiger partial charge in [-0.1, -0.05) is 6.07 Å². The molecule has 5 aliphatic rings. The number of likely N-dealkylation sites (N-methyl/N-ethyl adjacent to an activating group) is 1. The first-order valence-electron chi connectivity index (χ1n) is 9.45. The van der Waals surface area contributed by atoms with E-state index in [1.54, 1.807) is 6.07 Å². The minimum atomic E-state index is -1.09. The van der Waals surface area contributed by atoms with Gasteiger partial charge in [0.2, 0.25) is 5.79 Å². The van der Waals surface area contributed by atoms with E-state index in [9.17, 15) is 10.2 Å². The van der Waals surface area contributed by atoms with Crippen molar-refractivity contribution < 1.29 is 24.4 Å². The maximum absolute atomic E-state index is 12.1. The van der Waals surface area contributed by atoms with Gasteiger partial charge in [-0.15, -0.1) is 0 Å². The molecule has 0 aromatic heterocycles. The Morgan fingerprint density at radius 1 is 1.19 bits per heavy atom. The molecule has 6 rings (SSSR count). The summed E-state index contributed by atoms with van der Waals surface area (Å²) >= 11 is 0. The minimum Gasteiger partial charge on any atom is -0.504 e. The summed E-state index contributed by atoms with van der Waals surface area (Å²) in [6, 6.07) is 3.64. The molecule has 2 unspecified atom stereocenters. The van der Waals surface area contributed by atoms with Gasteiger partial charge in [-0.05, 0) is 56.6 Å². The highest BCUT2D eigenvalue weighted by Gasteiger charge is 2.74. The number of rotatable bonds is 0. The molecule has 2 bridgehead atoms. The number of ether oxygens (including phenoxy) is 3. The van der Waals surface area contributed by atoms with Crippen molar-refractivity contribution in [3.63, 3.8) is 0 Å². The van der Waals surface area contributed by atoms with Crippen molar-refractivity contribution in [1.29, 1.82) is 0 Å². The fourth-order valence-electron chi connectivity index (χ4n) is 6.23. The van der Waals surface area contributed by atoms with E-state index < -0.39 is 22.9 Å². The average molecular weight is 357 g/mol. The van der Waals surface area contributed by atoms with Crippen molar-refractivity contribution in [1.82, 2.24) is 4.90 Å². The number of phenolic OH excluding ortho intramolecular Hbond substituents is 1. The van der Waals surface area contributed by atoms with Crippen molar-refractivity contribution in [2.24, 2.45) is 0 Å². The number of hydrogen-bond acceptors (Lipinski definition) is 6. The van der Waals surface area contributed by atoms with Crippen molar-refractivity contribution >= 4 is 0 Å². The van der Waals surface area contributed by atoms with Gasteiger partial charge in [0.15, 0.2) is 17.6 Å². The molecule has 2 fully saturated rings. The van der Waals surface area contributed by atoms with E-state index >= 15 is 0 Å². The predicted molar refractivity (Wildman–Crippen MR) is 92.3 cm³/mol. The van der Waals surface area contributed by atoms with Crippen LogP contribution in [0.25, 0.3) is 0 Å². The Morgan fingerprint density at radius 2 is 2.00 bits per heavy atom. The molecule has 0 amide bonds. The normalized spacial score (nSPS) is 41.8. The monoisotopic (exact) mass is 357 g/mol. The van der Waals surface area contributed by atoms with Crippen LogP contribution >= 0.6 is 0 Å². The Balaban J connectivity index is 1.71. The summed E-state index contributed by atoms with van der Waals surface area (Å²) in [5, 5.41) is 22.6. The molecule has 0 saturated carbocycles. The van der Waals surface area contributed by atoms with Gasteiger partial charge < -0.3 is 24.4 Å². The van der Waals surface area contributed by atoms with Crippen LogP contribution in [0.1, 0.15) is 24.0 Å². The number of likely N-dealkylation sites (tertiary alicyclic amines) is 1. The summed E-state index contributed by atoms with van der Waals surface area (Å²) in [7, 11) is 2.08. The van der Waals surface area contributed by atoms with Crippen LogP contribution in [0.2, 0.25) is 0 Å². The highest BCUT2D eigenvalue weighted by molar-refractivity contribution is 5.64. The highest BCUT2D eigenvalue weighted by atomic mass is 16.8. The second kappa shape index (κ2) is 4.62. The van der Waals surface area contributed by atoms with E-state index in [-0.39, 0.29) is 11.8 Å². The molecule has 2 aliphatic carbocycles. The van der Waals surface area contributed by atoms with E-state index in [0.717, 1.165) is 36.9 Å². The quantitative estimate of drug-likeness (QED) is 0.677. The number of benzene rings is 1. The third kappa shape index (κ3) is 1.47. The van der Waals surface area contributed by atoms with Crippen LogP contribution in [0.15, 0.2) is 24.3 Å². The van der Waals surface area contributed by atoms with Gasteiger partial charge in [-0.25, -0.2) is 0 Å². The number of nitrogens with zero attached hydrogens (tertiary/aromatic N) is 1. The SMILES string of the molecule is CN1CCC[C@]23c4c5ccc(O)c4OC2C2(C=CC3(O)[C@H]1C5)OCCO2. The largest absolute Gasteiger partial charge is 0.504 e. The molecule has 1 aromatic carbocycles. The Bertz CT molecular complexity index is 832. The van der Waals surface area contributed by atoms with Crippen molar-refractivity contribution in [2.45, 2.75) is 48.2 Å². The lowest BCUT2D eigenvalue weighted by Crippen LogP contribution is -2.73. The van der Waals surface area contributed by atoms with Crippen LogP contribution in [0, 0.1) is 0 Å². The Hall–Kier alpha value is -1.60. The number of aromatic hydroxyl groups is 1. The zero-order chi connectivity index (χ0) is 17.7. The highest BCUT2D eigenvalue weighted by Crippen LogP contribution is 2.65. The third-order valence-electron chi connectivity index (χ3n) is 7.28. The van der Waals surface area contributed by atoms with Gasteiger partial charge in [-0.3, -0.25) is 4.90 Å². The maximum atomic E-state index is 12.1. The molecular weight excluding hydrogens is 334 g/mol. The molecule has 2 N–H and O–H groups in total. The molecular formula is C20H23NO5. The van der Waals surface area contributed by atoms with E-state index in [1.807, 2.05) is 18.2 Å². The summed E-state index contributed by atoms with van der Waals surface area (Å²) in [5.74, 6) is -0.380. The van der Waals surface area contributed by atoms with Crippen molar-refractivity contribution in [3.8, 4) is 11.5 Å². The zero-order valence-corrected chi connectivity index (χ0v) is 14.8. The first-order chi connectivity index (χ1) is 12.5. The molecule has 3 aliphatic heterocycles. The summed E-state index contributed by atoms with van der Waals surface area (Å²) in [6.07, 6.45) is 5.66. The minimum absolute atomic E-state index is 0.0471. The lowest BCUT2D eigenvalue weighted by molar-refractivity contribution is -0.225. The predicted octanol–water partition coefficient (Wildman–Crippen LogP) is 1.09. The molecule has 0 radical (unpaired) electrons. The lowest BCUT2D eigenvalue weighted by atomic mass is 9.52. The fourth-order valence-corrected chi connectivity index (χ4v) is 6.23. The van der Waals surface area contributed by atoms with E-state index in [0.29, 0.717) is 19.0 Å². The van der Waals surface area contributed by atoms with Crippen LogP contribution in [-0.2, 0) is 21.3 Å². The second-order valence-electron chi connectivity index (χ2n) is 8.30. The van der Waals surface area contributed by atoms with Gasteiger partial charge in [0.1, 0.15) is 5.60 Å². The van der Waals surface area contributed by atoms with Gasteiger partial charge >= 0.3 is 0 Å². The standard InChI is InChI=1S/C20H23NO5/c1-21-8-2-5-18-15-12-3-4-13(22)16(15)26-17(18)20(24-9-10-25-20)7-6-19(18,23)14(21)11-12/h3-4,6-7,14,17,22-23H,2,5,8-11H2,1H3/t14-,17?,18+,19?/m1/s1. The summed E-state index contributed by atoms with van der Waals surface area (Å²) < 4.78 is 18.4. The summed E-state index contributed by atoms with van der Waals surface area (Å²) in [6.45, 7) is 1.91. The molecule has 4 atom stereocenters. The van der Waals surface area contributed by atoms with Crippen LogP contribution in [-0.4, -0.2) is 65.5 Å². The van der Waals surface area contributed by atoms with Gasteiger partial charge in [0.05, 0.1) is 18.6 Å². The fraction of sp³-hybridized carbons (Fsp3) is 0.600. The number of phenols is 1.